The van der Waals surface area contributed by atoms with Crippen molar-refractivity contribution < 1.29 is 4.42 Å². The number of benzene rings is 9. The van der Waals surface area contributed by atoms with Crippen LogP contribution in [0.3, 0.4) is 0 Å². The molecule has 3 heterocycles. The third-order valence-corrected chi connectivity index (χ3v) is 11.5. The Balaban J connectivity index is 1.08. The molecule has 256 valence electrons. The maximum absolute atomic E-state index is 6.32. The molecule has 9 aromatic carbocycles. The highest BCUT2D eigenvalue weighted by Crippen LogP contribution is 2.42. The van der Waals surface area contributed by atoms with Crippen molar-refractivity contribution in [2.24, 2.45) is 0 Å². The number of para-hydroxylation sites is 2. The van der Waals surface area contributed by atoms with Gasteiger partial charge in [0.05, 0.1) is 33.1 Å². The summed E-state index contributed by atoms with van der Waals surface area (Å²) < 4.78 is 11.2. The monoisotopic (exact) mass is 700 g/mol. The van der Waals surface area contributed by atoms with Crippen LogP contribution in [0.4, 0.5) is 0 Å². The lowest BCUT2D eigenvalue weighted by atomic mass is 10.00. The molecule has 0 aliphatic carbocycles. The lowest BCUT2D eigenvalue weighted by molar-refractivity contribution is 0.669. The van der Waals surface area contributed by atoms with Gasteiger partial charge in [0.2, 0.25) is 0 Å². The fourth-order valence-corrected chi connectivity index (χ4v) is 9.04. The summed E-state index contributed by atoms with van der Waals surface area (Å²) in [6.45, 7) is 0. The van der Waals surface area contributed by atoms with Gasteiger partial charge in [0.25, 0.3) is 0 Å². The molecule has 3 nitrogen and oxygen atoms in total. The summed E-state index contributed by atoms with van der Waals surface area (Å²) >= 11 is 0. The van der Waals surface area contributed by atoms with Gasteiger partial charge in [0, 0.05) is 38.0 Å². The second-order valence-electron chi connectivity index (χ2n) is 14.5. The van der Waals surface area contributed by atoms with Crippen molar-refractivity contribution in [1.82, 2.24) is 9.13 Å². The first-order valence-corrected chi connectivity index (χ1v) is 18.8. The van der Waals surface area contributed by atoms with E-state index in [2.05, 4.69) is 197 Å². The number of fused-ring (bicyclic) bond motifs is 11. The first-order valence-electron chi connectivity index (χ1n) is 18.8. The first-order chi connectivity index (χ1) is 27.3. The molecule has 0 spiro atoms. The van der Waals surface area contributed by atoms with Crippen LogP contribution in [0.15, 0.2) is 199 Å². The second kappa shape index (κ2) is 11.6. The van der Waals surface area contributed by atoms with Gasteiger partial charge in [0.1, 0.15) is 11.2 Å². The summed E-state index contributed by atoms with van der Waals surface area (Å²) in [5.41, 5.74) is 13.7. The Hall–Kier alpha value is -7.36. The molecule has 3 aromatic heterocycles. The molecule has 0 radical (unpaired) electrons. The van der Waals surface area contributed by atoms with Crippen LogP contribution in [0.1, 0.15) is 0 Å². The van der Waals surface area contributed by atoms with Crippen molar-refractivity contribution in [2.75, 3.05) is 0 Å². The molecule has 0 aliphatic rings. The number of aromatic nitrogens is 2. The van der Waals surface area contributed by atoms with Crippen LogP contribution < -0.4 is 0 Å². The molecular formula is C52H32N2O. The van der Waals surface area contributed by atoms with Crippen LogP contribution >= 0.6 is 0 Å². The van der Waals surface area contributed by atoms with Crippen LogP contribution in [0.25, 0.3) is 110 Å². The lowest BCUT2D eigenvalue weighted by Crippen LogP contribution is -1.95. The standard InChI is InChI=1S/C52H32N2O/c1-2-12-33(13-3-1)35-15-10-16-38(30-35)53-46-28-25-37(32-44(46)41-27-24-34-14-4-5-17-39(34)52(41)53)36-26-29-47-43(31-36)40-18-6-8-20-45(40)54(47)48-21-11-23-50-51(48)42-19-7-9-22-49(42)55-50/h1-32H. The van der Waals surface area contributed by atoms with E-state index in [4.69, 9.17) is 4.42 Å². The van der Waals surface area contributed by atoms with E-state index in [1.165, 1.54) is 76.6 Å². The van der Waals surface area contributed by atoms with E-state index in [0.29, 0.717) is 0 Å². The summed E-state index contributed by atoms with van der Waals surface area (Å²) in [5.74, 6) is 0. The molecule has 12 rings (SSSR count). The molecule has 0 amide bonds. The highest BCUT2D eigenvalue weighted by Gasteiger charge is 2.20. The Morgan fingerprint density at radius 3 is 1.80 bits per heavy atom. The smallest absolute Gasteiger partial charge is 0.137 e. The summed E-state index contributed by atoms with van der Waals surface area (Å²) in [5, 5.41) is 9.69. The molecule has 0 fully saturated rings. The normalized spacial score (nSPS) is 12.0. The van der Waals surface area contributed by atoms with Crippen LogP contribution in [-0.2, 0) is 0 Å². The second-order valence-corrected chi connectivity index (χ2v) is 14.5. The van der Waals surface area contributed by atoms with Crippen molar-refractivity contribution in [1.29, 1.82) is 0 Å². The average molecular weight is 701 g/mol. The van der Waals surface area contributed by atoms with Gasteiger partial charge >= 0.3 is 0 Å². The van der Waals surface area contributed by atoms with Gasteiger partial charge in [-0.2, -0.15) is 0 Å². The Labute approximate surface area is 316 Å². The van der Waals surface area contributed by atoms with Gasteiger partial charge in [-0.3, -0.25) is 0 Å². The lowest BCUT2D eigenvalue weighted by Gasteiger charge is -2.12. The zero-order chi connectivity index (χ0) is 36.0. The molecule has 0 saturated heterocycles. The number of hydrogen-bond donors (Lipinski definition) is 0. The Bertz CT molecular complexity index is 3490. The molecule has 0 bridgehead atoms. The number of nitrogens with zero attached hydrogens (tertiary/aromatic N) is 2. The third kappa shape index (κ3) is 4.44. The quantitative estimate of drug-likeness (QED) is 0.179. The maximum Gasteiger partial charge on any atom is 0.137 e. The van der Waals surface area contributed by atoms with Crippen LogP contribution in [0.2, 0.25) is 0 Å². The van der Waals surface area contributed by atoms with Gasteiger partial charge < -0.3 is 13.6 Å². The van der Waals surface area contributed by atoms with Crippen molar-refractivity contribution in [2.45, 2.75) is 0 Å². The van der Waals surface area contributed by atoms with E-state index in [1.54, 1.807) is 0 Å². The minimum atomic E-state index is 0.897. The van der Waals surface area contributed by atoms with Crippen LogP contribution in [0, 0.1) is 0 Å². The minimum absolute atomic E-state index is 0.897. The largest absolute Gasteiger partial charge is 0.456 e. The number of hydrogen-bond acceptors (Lipinski definition) is 1. The van der Waals surface area contributed by atoms with Gasteiger partial charge in [0.15, 0.2) is 0 Å². The van der Waals surface area contributed by atoms with Gasteiger partial charge in [-0.1, -0.05) is 133 Å². The first kappa shape index (κ1) is 30.1. The zero-order valence-electron chi connectivity index (χ0n) is 29.8. The predicted molar refractivity (Wildman–Crippen MR) is 231 cm³/mol. The van der Waals surface area contributed by atoms with Gasteiger partial charge in [-0.15, -0.1) is 0 Å². The zero-order valence-corrected chi connectivity index (χ0v) is 29.8. The van der Waals surface area contributed by atoms with Gasteiger partial charge in [-0.05, 0) is 88.3 Å². The Morgan fingerprint density at radius 2 is 0.945 bits per heavy atom. The van der Waals surface area contributed by atoms with E-state index < -0.39 is 0 Å². The predicted octanol–water partition coefficient (Wildman–Crippen LogP) is 14.3. The molecule has 0 atom stereocenters. The molecule has 0 saturated carbocycles. The van der Waals surface area contributed by atoms with Crippen molar-refractivity contribution >= 4 is 76.3 Å². The van der Waals surface area contributed by atoms with E-state index in [-0.39, 0.29) is 0 Å². The van der Waals surface area contributed by atoms with E-state index in [0.717, 1.165) is 33.3 Å². The Morgan fingerprint density at radius 1 is 0.327 bits per heavy atom. The molecular weight excluding hydrogens is 669 g/mol. The third-order valence-electron chi connectivity index (χ3n) is 11.5. The van der Waals surface area contributed by atoms with Crippen molar-refractivity contribution in [3.63, 3.8) is 0 Å². The summed E-state index contributed by atoms with van der Waals surface area (Å²) in [6, 6.07) is 70.3. The maximum atomic E-state index is 6.32. The fraction of sp³-hybridized carbons (Fsp3) is 0. The molecule has 0 N–H and O–H groups in total. The molecule has 3 heteroatoms. The summed E-state index contributed by atoms with van der Waals surface area (Å²) in [7, 11) is 0. The SMILES string of the molecule is c1ccc(-c2cccc(-n3c4ccc(-c5ccc6c(c5)c5ccccc5n6-c5cccc6oc7ccccc7c56)cc4c4ccc5ccccc5c43)c2)cc1. The topological polar surface area (TPSA) is 23.0 Å². The van der Waals surface area contributed by atoms with E-state index in [9.17, 15) is 0 Å². The molecule has 0 unspecified atom stereocenters. The number of rotatable bonds is 4. The molecule has 12 aromatic rings. The van der Waals surface area contributed by atoms with Crippen LogP contribution in [-0.4, -0.2) is 9.13 Å². The van der Waals surface area contributed by atoms with E-state index >= 15 is 0 Å². The summed E-state index contributed by atoms with van der Waals surface area (Å²) in [4.78, 5) is 0. The molecule has 55 heavy (non-hydrogen) atoms. The van der Waals surface area contributed by atoms with Crippen molar-refractivity contribution in [3.8, 4) is 33.6 Å². The van der Waals surface area contributed by atoms with Gasteiger partial charge in [-0.25, -0.2) is 0 Å². The molecule has 0 aliphatic heterocycles. The fourth-order valence-electron chi connectivity index (χ4n) is 9.04. The number of furan rings is 1. The highest BCUT2D eigenvalue weighted by atomic mass is 16.3. The van der Waals surface area contributed by atoms with Crippen molar-refractivity contribution in [3.05, 3.63) is 194 Å². The van der Waals surface area contributed by atoms with E-state index in [1.807, 2.05) is 6.07 Å². The Kier molecular flexibility index (Phi) is 6.34. The average Bonchev–Trinajstić information content (AvgIpc) is 3.91. The minimum Gasteiger partial charge on any atom is -0.456 e. The highest BCUT2D eigenvalue weighted by molar-refractivity contribution is 6.20. The summed E-state index contributed by atoms with van der Waals surface area (Å²) in [6.07, 6.45) is 0. The van der Waals surface area contributed by atoms with Crippen LogP contribution in [0.5, 0.6) is 0 Å².